The molecule has 2 rings (SSSR count). The fourth-order valence-electron chi connectivity index (χ4n) is 3.26. The van der Waals surface area contributed by atoms with E-state index in [9.17, 15) is 0 Å². The maximum Gasteiger partial charge on any atom is -0.147 e. The molecule has 1 aromatic rings. The van der Waals surface area contributed by atoms with Gasteiger partial charge in [-0.2, -0.15) is 0 Å². The Labute approximate surface area is 147 Å². The van der Waals surface area contributed by atoms with Crippen LogP contribution in [0.25, 0.3) is 0 Å². The predicted octanol–water partition coefficient (Wildman–Crippen LogP) is 5.59. The van der Waals surface area contributed by atoms with Crippen molar-refractivity contribution in [3.63, 3.8) is 0 Å². The van der Waals surface area contributed by atoms with Gasteiger partial charge in [-0.3, -0.25) is 0 Å². The standard InChI is InChI=1S/C17H21.2ClH.Ti/c1-4-17(14(2)3,16-12-8-9-13-16)15-10-6-5-7-11-15;;;/h5-8,10-12,14H,4,9H2,1-3H3;2*1H;. The number of allylic oxidation sites excluding steroid dienone is 4. The van der Waals surface area contributed by atoms with Crippen LogP contribution in [-0.2, 0) is 25.9 Å². The number of benzene rings is 1. The Balaban J connectivity index is 0.00000180. The van der Waals surface area contributed by atoms with Gasteiger partial charge in [0.1, 0.15) is 0 Å². The summed E-state index contributed by atoms with van der Waals surface area (Å²) in [7, 11) is 0. The van der Waals surface area contributed by atoms with E-state index in [-0.39, 0.29) is 30.2 Å². The normalized spacial score (nSPS) is 16.6. The molecule has 0 nitrogen and oxygen atoms in total. The minimum Gasteiger partial charge on any atom is -0.147 e. The van der Waals surface area contributed by atoms with Crippen LogP contribution in [0.1, 0.15) is 39.2 Å². The topological polar surface area (TPSA) is 0 Å². The first-order valence-corrected chi connectivity index (χ1v) is 7.58. The van der Waals surface area contributed by atoms with Crippen molar-refractivity contribution in [1.82, 2.24) is 0 Å². The van der Waals surface area contributed by atoms with Gasteiger partial charge in [-0.05, 0) is 0 Å². The molecule has 0 fully saturated rings. The van der Waals surface area contributed by atoms with Gasteiger partial charge in [-0.25, -0.2) is 0 Å². The summed E-state index contributed by atoms with van der Waals surface area (Å²) in [6.07, 6.45) is 6.94. The number of hydrogen-bond donors (Lipinski definition) is 0. The monoisotopic (exact) mass is 345 g/mol. The zero-order valence-corrected chi connectivity index (χ0v) is 15.5. The minimum absolute atomic E-state index is 0. The van der Waals surface area contributed by atoms with Crippen LogP contribution in [-0.4, -0.2) is 0 Å². The van der Waals surface area contributed by atoms with Crippen molar-refractivity contribution in [3.05, 3.63) is 57.5 Å². The molecule has 20 heavy (non-hydrogen) atoms. The Morgan fingerprint density at radius 3 is 2.15 bits per heavy atom. The fourth-order valence-corrected chi connectivity index (χ4v) is 3.92. The van der Waals surface area contributed by atoms with Crippen molar-refractivity contribution >= 4 is 24.8 Å². The number of halogens is 2. The Bertz CT molecular complexity index is 477. The Kier molecular flexibility index (Phi) is 8.44. The Morgan fingerprint density at radius 2 is 1.75 bits per heavy atom. The largest absolute Gasteiger partial charge is 0.147 e. The second-order valence-corrected chi connectivity index (χ2v) is 6.29. The van der Waals surface area contributed by atoms with E-state index in [1.807, 2.05) is 0 Å². The predicted molar refractivity (Wildman–Crippen MR) is 88.5 cm³/mol. The molecule has 0 bridgehead atoms. The van der Waals surface area contributed by atoms with Gasteiger partial charge >= 0.3 is 123 Å². The van der Waals surface area contributed by atoms with Crippen molar-refractivity contribution in [2.75, 3.05) is 0 Å². The summed E-state index contributed by atoms with van der Waals surface area (Å²) in [5.41, 5.74) is 3.19. The van der Waals surface area contributed by atoms with Crippen LogP contribution in [0, 0.1) is 5.92 Å². The van der Waals surface area contributed by atoms with E-state index in [2.05, 4.69) is 83.7 Å². The molecule has 0 amide bonds. The minimum atomic E-state index is 0. The van der Waals surface area contributed by atoms with Gasteiger partial charge in [0.25, 0.3) is 0 Å². The second-order valence-electron chi connectivity index (χ2n) is 5.34. The average molecular weight is 346 g/mol. The summed E-state index contributed by atoms with van der Waals surface area (Å²) < 4.78 is 1.54. The van der Waals surface area contributed by atoms with Gasteiger partial charge in [0, 0.05) is 0 Å². The molecule has 3 heteroatoms. The van der Waals surface area contributed by atoms with Gasteiger partial charge in [-0.1, -0.05) is 0 Å². The second kappa shape index (κ2) is 8.44. The molecule has 1 atom stereocenters. The Hall–Kier alpha value is -0.00571. The molecule has 0 spiro atoms. The molecule has 0 saturated carbocycles. The van der Waals surface area contributed by atoms with Crippen molar-refractivity contribution in [2.24, 2.45) is 5.92 Å². The first kappa shape index (κ1) is 20.0. The Morgan fingerprint density at radius 1 is 1.15 bits per heavy atom. The molecular formula is C17H23Cl2Ti. The summed E-state index contributed by atoms with van der Waals surface area (Å²) in [4.78, 5) is 0. The van der Waals surface area contributed by atoms with Crippen LogP contribution in [0.2, 0.25) is 0 Å². The van der Waals surface area contributed by atoms with Crippen LogP contribution in [0.5, 0.6) is 0 Å². The van der Waals surface area contributed by atoms with E-state index in [0.29, 0.717) is 5.92 Å². The summed E-state index contributed by atoms with van der Waals surface area (Å²) in [5.74, 6) is 0.609. The van der Waals surface area contributed by atoms with Gasteiger partial charge in [0.15, 0.2) is 0 Å². The fraction of sp³-hybridized carbons (Fsp3) is 0.412. The summed E-state index contributed by atoms with van der Waals surface area (Å²) in [5, 5.41) is 0. The molecule has 1 unspecified atom stereocenters. The van der Waals surface area contributed by atoms with Crippen LogP contribution < -0.4 is 0 Å². The smallest absolute Gasteiger partial charge is 0.147 e. The van der Waals surface area contributed by atoms with Gasteiger partial charge < -0.3 is 0 Å². The zero-order chi connectivity index (χ0) is 13.2. The van der Waals surface area contributed by atoms with Crippen LogP contribution >= 0.6 is 24.8 Å². The van der Waals surface area contributed by atoms with Crippen molar-refractivity contribution in [1.29, 1.82) is 0 Å². The number of hydrogen-bond acceptors (Lipinski definition) is 0. The van der Waals surface area contributed by atoms with Crippen molar-refractivity contribution in [3.8, 4) is 0 Å². The van der Waals surface area contributed by atoms with Crippen molar-refractivity contribution in [2.45, 2.75) is 39.0 Å². The van der Waals surface area contributed by atoms with E-state index in [1.54, 1.807) is 5.57 Å². The molecule has 109 valence electrons. The third-order valence-electron chi connectivity index (χ3n) is 4.24. The molecular weight excluding hydrogens is 323 g/mol. The molecule has 0 aliphatic heterocycles. The van der Waals surface area contributed by atoms with E-state index in [1.165, 1.54) is 9.44 Å². The number of rotatable bonds is 4. The SMILES string of the molecule is CCC(C1=[C]([Ti])CC=C1)(c1ccccc1)C(C)C.Cl.Cl. The van der Waals surface area contributed by atoms with E-state index in [4.69, 9.17) is 0 Å². The van der Waals surface area contributed by atoms with E-state index in [0.717, 1.165) is 12.8 Å². The van der Waals surface area contributed by atoms with Crippen LogP contribution in [0.15, 0.2) is 51.9 Å². The molecule has 0 radical (unpaired) electrons. The molecule has 1 aliphatic rings. The maximum atomic E-state index is 2.35. The van der Waals surface area contributed by atoms with E-state index >= 15 is 0 Å². The first-order valence-electron chi connectivity index (χ1n) is 6.80. The van der Waals surface area contributed by atoms with Gasteiger partial charge in [-0.15, -0.1) is 24.8 Å². The van der Waals surface area contributed by atoms with Gasteiger partial charge in [0.05, 0.1) is 0 Å². The molecule has 0 N–H and O–H groups in total. The third kappa shape index (κ3) is 3.42. The van der Waals surface area contributed by atoms with E-state index < -0.39 is 0 Å². The first-order chi connectivity index (χ1) is 8.63. The van der Waals surface area contributed by atoms with Crippen molar-refractivity contribution < 1.29 is 20.4 Å². The van der Waals surface area contributed by atoms with Crippen LogP contribution in [0.3, 0.4) is 0 Å². The third-order valence-corrected chi connectivity index (χ3v) is 4.98. The quantitative estimate of drug-likeness (QED) is 0.623. The summed E-state index contributed by atoms with van der Waals surface area (Å²) in [6, 6.07) is 11.0. The van der Waals surface area contributed by atoms with Gasteiger partial charge in [0.2, 0.25) is 0 Å². The summed E-state index contributed by atoms with van der Waals surface area (Å²) >= 11 is 2.28. The van der Waals surface area contributed by atoms with Crippen LogP contribution in [0.4, 0.5) is 0 Å². The molecule has 0 saturated heterocycles. The summed E-state index contributed by atoms with van der Waals surface area (Å²) in [6.45, 7) is 7.02. The zero-order valence-electron chi connectivity index (χ0n) is 12.3. The average Bonchev–Trinajstić information content (AvgIpc) is 2.79. The molecule has 1 aliphatic carbocycles. The molecule has 1 aromatic carbocycles. The molecule has 0 aromatic heterocycles. The molecule has 0 heterocycles. The maximum absolute atomic E-state index is 2.35.